The molecule has 0 saturated heterocycles. The predicted molar refractivity (Wildman–Crippen MR) is 89.9 cm³/mol. The number of nitro groups is 1. The Morgan fingerprint density at radius 2 is 2.04 bits per heavy atom. The number of anilines is 1. The van der Waals surface area contributed by atoms with Crippen LogP contribution in [0.2, 0.25) is 0 Å². The molecule has 0 aliphatic heterocycles. The van der Waals surface area contributed by atoms with Crippen molar-refractivity contribution in [1.82, 2.24) is 5.43 Å². The first-order valence-electron chi connectivity index (χ1n) is 6.98. The normalized spacial score (nSPS) is 10.5. The Kier molecular flexibility index (Phi) is 5.45. The van der Waals surface area contributed by atoms with Gasteiger partial charge in [-0.1, -0.05) is 12.1 Å². The van der Waals surface area contributed by atoms with Crippen LogP contribution in [0.25, 0.3) is 0 Å². The first-order valence-corrected chi connectivity index (χ1v) is 6.98. The van der Waals surface area contributed by atoms with Crippen LogP contribution in [0.4, 0.5) is 11.4 Å². The number of nitrogen functional groups attached to an aromatic ring is 1. The molecule has 2 rings (SSSR count). The molecule has 0 saturated carbocycles. The summed E-state index contributed by atoms with van der Waals surface area (Å²) in [5, 5.41) is 14.7. The maximum absolute atomic E-state index is 11.8. The topological polar surface area (TPSA) is 120 Å². The maximum atomic E-state index is 11.8. The zero-order valence-corrected chi connectivity index (χ0v) is 12.9. The second-order valence-corrected chi connectivity index (χ2v) is 4.90. The van der Waals surface area contributed by atoms with Crippen molar-refractivity contribution in [3.05, 3.63) is 63.7 Å². The van der Waals surface area contributed by atoms with Crippen LogP contribution >= 0.6 is 0 Å². The number of nitrogens with zero attached hydrogens (tertiary/aromatic N) is 2. The summed E-state index contributed by atoms with van der Waals surface area (Å²) < 4.78 is 4.91. The van der Waals surface area contributed by atoms with E-state index >= 15 is 0 Å². The Morgan fingerprint density at radius 3 is 2.67 bits per heavy atom. The van der Waals surface area contributed by atoms with E-state index in [9.17, 15) is 14.9 Å². The van der Waals surface area contributed by atoms with Gasteiger partial charge >= 0.3 is 5.69 Å². The standard InChI is InChI=1S/C16H16N4O4/c1-24-15-7-4-12(8-14(15)20(22)23)10-18-19-16(21)9-11-2-5-13(17)6-3-11/h2-8,10H,9,17H2,1H3,(H,19,21)/b18-10-. The summed E-state index contributed by atoms with van der Waals surface area (Å²) in [4.78, 5) is 22.2. The largest absolute Gasteiger partial charge is 0.490 e. The number of hydrazone groups is 1. The average molecular weight is 328 g/mol. The molecule has 124 valence electrons. The molecule has 0 atom stereocenters. The molecule has 3 N–H and O–H groups in total. The molecule has 0 aliphatic rings. The number of benzene rings is 2. The molecule has 0 unspecified atom stereocenters. The number of hydrogen-bond acceptors (Lipinski definition) is 6. The fraction of sp³-hybridized carbons (Fsp3) is 0.125. The molecular formula is C16H16N4O4. The van der Waals surface area contributed by atoms with Crippen molar-refractivity contribution >= 4 is 23.5 Å². The molecule has 0 fully saturated rings. The van der Waals surface area contributed by atoms with E-state index in [4.69, 9.17) is 10.5 Å². The third kappa shape index (κ3) is 4.54. The highest BCUT2D eigenvalue weighted by molar-refractivity contribution is 5.84. The minimum atomic E-state index is -0.546. The minimum absolute atomic E-state index is 0.153. The lowest BCUT2D eigenvalue weighted by atomic mass is 10.1. The van der Waals surface area contributed by atoms with Gasteiger partial charge in [0.05, 0.1) is 24.7 Å². The summed E-state index contributed by atoms with van der Waals surface area (Å²) in [5.41, 5.74) is 9.67. The molecule has 2 aromatic carbocycles. The summed E-state index contributed by atoms with van der Waals surface area (Å²) in [6.07, 6.45) is 1.48. The highest BCUT2D eigenvalue weighted by Crippen LogP contribution is 2.26. The summed E-state index contributed by atoms with van der Waals surface area (Å²) in [5.74, 6) is -0.149. The lowest BCUT2D eigenvalue weighted by Gasteiger charge is -2.03. The highest BCUT2D eigenvalue weighted by atomic mass is 16.6. The van der Waals surface area contributed by atoms with Crippen LogP contribution in [0.3, 0.4) is 0 Å². The van der Waals surface area contributed by atoms with E-state index in [1.807, 2.05) is 0 Å². The lowest BCUT2D eigenvalue weighted by Crippen LogP contribution is -2.19. The van der Waals surface area contributed by atoms with Crippen LogP contribution in [-0.4, -0.2) is 24.2 Å². The van der Waals surface area contributed by atoms with E-state index < -0.39 is 4.92 Å². The van der Waals surface area contributed by atoms with Crippen molar-refractivity contribution < 1.29 is 14.5 Å². The van der Waals surface area contributed by atoms with Gasteiger partial charge in [0.25, 0.3) is 0 Å². The molecule has 8 heteroatoms. The predicted octanol–water partition coefficient (Wildman–Crippen LogP) is 1.88. The van der Waals surface area contributed by atoms with Gasteiger partial charge in [0, 0.05) is 17.3 Å². The molecule has 0 bridgehead atoms. The number of methoxy groups -OCH3 is 1. The molecule has 0 aliphatic carbocycles. The minimum Gasteiger partial charge on any atom is -0.490 e. The van der Waals surface area contributed by atoms with Crippen molar-refractivity contribution in [3.8, 4) is 5.75 Å². The Labute approximate surface area is 138 Å². The van der Waals surface area contributed by atoms with Crippen molar-refractivity contribution in [2.24, 2.45) is 5.10 Å². The molecule has 24 heavy (non-hydrogen) atoms. The van der Waals surface area contributed by atoms with Gasteiger partial charge in [0.1, 0.15) is 0 Å². The first kappa shape index (κ1) is 16.9. The van der Waals surface area contributed by atoms with Crippen LogP contribution < -0.4 is 15.9 Å². The van der Waals surface area contributed by atoms with Crippen LogP contribution in [0.5, 0.6) is 5.75 Å². The van der Waals surface area contributed by atoms with E-state index in [1.54, 1.807) is 30.3 Å². The number of carbonyl (C=O) groups excluding carboxylic acids is 1. The third-order valence-electron chi connectivity index (χ3n) is 3.15. The summed E-state index contributed by atoms with van der Waals surface area (Å²) in [6.45, 7) is 0. The number of hydrogen-bond donors (Lipinski definition) is 2. The van der Waals surface area contributed by atoms with E-state index in [0.717, 1.165) is 5.56 Å². The number of rotatable bonds is 6. The van der Waals surface area contributed by atoms with E-state index in [-0.39, 0.29) is 23.8 Å². The Bertz CT molecular complexity index is 772. The molecule has 0 heterocycles. The number of nitro benzene ring substituents is 1. The second-order valence-electron chi connectivity index (χ2n) is 4.90. The van der Waals surface area contributed by atoms with Gasteiger partial charge in [-0.15, -0.1) is 0 Å². The third-order valence-corrected chi connectivity index (χ3v) is 3.15. The fourth-order valence-corrected chi connectivity index (χ4v) is 1.97. The van der Waals surface area contributed by atoms with E-state index in [0.29, 0.717) is 11.3 Å². The first-order chi connectivity index (χ1) is 11.5. The second kappa shape index (κ2) is 7.73. The monoisotopic (exact) mass is 328 g/mol. The van der Waals surface area contributed by atoms with E-state index in [1.165, 1.54) is 25.5 Å². The van der Waals surface area contributed by atoms with Crippen LogP contribution in [0.1, 0.15) is 11.1 Å². The Morgan fingerprint density at radius 1 is 1.33 bits per heavy atom. The average Bonchev–Trinajstić information content (AvgIpc) is 2.56. The zero-order valence-electron chi connectivity index (χ0n) is 12.9. The van der Waals surface area contributed by atoms with Crippen LogP contribution in [0.15, 0.2) is 47.6 Å². The van der Waals surface area contributed by atoms with Crippen molar-refractivity contribution in [2.45, 2.75) is 6.42 Å². The molecule has 8 nitrogen and oxygen atoms in total. The maximum Gasteiger partial charge on any atom is 0.311 e. The molecule has 0 spiro atoms. The summed E-state index contributed by atoms with van der Waals surface area (Å²) >= 11 is 0. The molecule has 0 aromatic heterocycles. The van der Waals surface area contributed by atoms with Gasteiger partial charge < -0.3 is 10.5 Å². The summed E-state index contributed by atoms with van der Waals surface area (Å²) in [6, 6.07) is 11.3. The number of nitrogens with one attached hydrogen (secondary N) is 1. The van der Waals surface area contributed by atoms with Crippen molar-refractivity contribution in [3.63, 3.8) is 0 Å². The van der Waals surface area contributed by atoms with Crippen LogP contribution in [0, 0.1) is 10.1 Å². The Balaban J connectivity index is 1.98. The van der Waals surface area contributed by atoms with E-state index in [2.05, 4.69) is 10.5 Å². The smallest absolute Gasteiger partial charge is 0.311 e. The number of carbonyl (C=O) groups is 1. The molecule has 0 radical (unpaired) electrons. The van der Waals surface area contributed by atoms with Gasteiger partial charge in [-0.25, -0.2) is 5.43 Å². The van der Waals surface area contributed by atoms with Crippen molar-refractivity contribution in [2.75, 3.05) is 12.8 Å². The molecular weight excluding hydrogens is 312 g/mol. The van der Waals surface area contributed by atoms with Gasteiger partial charge in [0.2, 0.25) is 5.91 Å². The van der Waals surface area contributed by atoms with Crippen molar-refractivity contribution in [1.29, 1.82) is 0 Å². The number of amides is 1. The van der Waals surface area contributed by atoms with Crippen LogP contribution in [-0.2, 0) is 11.2 Å². The SMILES string of the molecule is COc1ccc(/C=N\NC(=O)Cc2ccc(N)cc2)cc1[N+](=O)[O-]. The Hall–Kier alpha value is -3.42. The van der Waals surface area contributed by atoms with Gasteiger partial charge in [-0.05, 0) is 29.8 Å². The molecule has 2 aromatic rings. The number of ether oxygens (including phenoxy) is 1. The quantitative estimate of drug-likeness (QED) is 0.363. The van der Waals surface area contributed by atoms with Gasteiger partial charge in [-0.3, -0.25) is 14.9 Å². The summed E-state index contributed by atoms with van der Waals surface area (Å²) in [7, 11) is 1.35. The lowest BCUT2D eigenvalue weighted by molar-refractivity contribution is -0.385. The fourth-order valence-electron chi connectivity index (χ4n) is 1.97. The molecule has 1 amide bonds. The number of nitrogens with two attached hydrogens (primary N) is 1. The highest BCUT2D eigenvalue weighted by Gasteiger charge is 2.14. The van der Waals surface area contributed by atoms with Gasteiger partial charge in [-0.2, -0.15) is 5.10 Å². The zero-order chi connectivity index (χ0) is 17.5. The van der Waals surface area contributed by atoms with Gasteiger partial charge in [0.15, 0.2) is 5.75 Å².